The van der Waals surface area contributed by atoms with Crippen LogP contribution in [0, 0.1) is 0 Å². The zero-order valence-electron chi connectivity index (χ0n) is 43.5. The predicted molar refractivity (Wildman–Crippen MR) is 278 cm³/mol. The van der Waals surface area contributed by atoms with Gasteiger partial charge in [-0.25, -0.2) is 0 Å². The van der Waals surface area contributed by atoms with Crippen LogP contribution in [0.1, 0.15) is 335 Å². The molecule has 0 aromatic carbocycles. The quantitative estimate of drug-likeness (QED) is 0.0417. The monoisotopic (exact) mass is 906 g/mol. The van der Waals surface area contributed by atoms with E-state index in [0.717, 1.165) is 38.5 Å². The molecule has 382 valence electrons. The minimum atomic E-state index is -0.661. The molecule has 0 aromatic heterocycles. The number of aliphatic hydroxyl groups excluding tert-OH is 2. The maximum Gasteiger partial charge on any atom is 0.305 e. The number of carbonyl (C=O) groups is 2. The minimum Gasteiger partial charge on any atom is -0.466 e. The van der Waals surface area contributed by atoms with E-state index in [-0.39, 0.29) is 18.5 Å². The number of hydrogen-bond acceptors (Lipinski definition) is 5. The van der Waals surface area contributed by atoms with Crippen LogP contribution in [0.4, 0.5) is 0 Å². The van der Waals surface area contributed by atoms with Crippen LogP contribution in [0.3, 0.4) is 0 Å². The Hall–Kier alpha value is -1.14. The summed E-state index contributed by atoms with van der Waals surface area (Å²) in [6.45, 7) is 4.96. The first-order valence-corrected chi connectivity index (χ1v) is 29.3. The number of nitrogens with one attached hydrogen (secondary N) is 1. The number of ether oxygens (including phenoxy) is 1. The van der Waals surface area contributed by atoms with Crippen LogP contribution in [0.5, 0.6) is 0 Å². The van der Waals surface area contributed by atoms with Crippen molar-refractivity contribution in [2.24, 2.45) is 0 Å². The van der Waals surface area contributed by atoms with E-state index in [0.29, 0.717) is 25.9 Å². The van der Waals surface area contributed by atoms with E-state index in [9.17, 15) is 19.8 Å². The molecule has 0 spiro atoms. The lowest BCUT2D eigenvalue weighted by Crippen LogP contribution is -2.45. The summed E-state index contributed by atoms with van der Waals surface area (Å²) in [5.41, 5.74) is 0. The zero-order valence-corrected chi connectivity index (χ0v) is 43.5. The molecule has 64 heavy (non-hydrogen) atoms. The first-order chi connectivity index (χ1) is 31.5. The highest BCUT2D eigenvalue weighted by molar-refractivity contribution is 5.76. The largest absolute Gasteiger partial charge is 0.466 e. The van der Waals surface area contributed by atoms with Crippen molar-refractivity contribution in [3.8, 4) is 0 Å². The number of rotatable bonds is 55. The molecule has 6 heteroatoms. The van der Waals surface area contributed by atoms with Crippen LogP contribution < -0.4 is 5.32 Å². The van der Waals surface area contributed by atoms with Crippen molar-refractivity contribution in [3.63, 3.8) is 0 Å². The lowest BCUT2D eigenvalue weighted by molar-refractivity contribution is -0.143. The van der Waals surface area contributed by atoms with E-state index in [1.807, 2.05) is 0 Å². The van der Waals surface area contributed by atoms with Crippen LogP contribution in [-0.4, -0.2) is 47.4 Å². The highest BCUT2D eigenvalue weighted by Crippen LogP contribution is 2.18. The lowest BCUT2D eigenvalue weighted by Gasteiger charge is -2.22. The molecule has 0 aliphatic carbocycles. The molecule has 0 saturated carbocycles. The fraction of sp³-hybridized carbons (Fsp3) is 0.966. The second kappa shape index (κ2) is 54.5. The van der Waals surface area contributed by atoms with E-state index in [4.69, 9.17) is 4.74 Å². The van der Waals surface area contributed by atoms with Crippen molar-refractivity contribution in [1.29, 1.82) is 0 Å². The van der Waals surface area contributed by atoms with Crippen LogP contribution in [-0.2, 0) is 14.3 Å². The minimum absolute atomic E-state index is 0.0161. The van der Waals surface area contributed by atoms with Gasteiger partial charge in [0.2, 0.25) is 5.91 Å². The SMILES string of the molecule is CCCCCCCCCCCCCCCCCCC(=O)OCCCCCCCCCCCCCCCCCCCCCCCC(=O)NC(CO)C(O)CCCCCCCCCCCC. The third-order valence-corrected chi connectivity index (χ3v) is 13.9. The van der Waals surface area contributed by atoms with Gasteiger partial charge in [-0.05, 0) is 25.7 Å². The fourth-order valence-electron chi connectivity index (χ4n) is 9.41. The Bertz CT molecular complexity index is 913. The average molecular weight is 907 g/mol. The van der Waals surface area contributed by atoms with Crippen LogP contribution in [0.2, 0.25) is 0 Å². The molecule has 3 N–H and O–H groups in total. The topological polar surface area (TPSA) is 95.9 Å². The van der Waals surface area contributed by atoms with Gasteiger partial charge in [-0.1, -0.05) is 296 Å². The van der Waals surface area contributed by atoms with Crippen LogP contribution in [0.25, 0.3) is 0 Å². The molecule has 0 heterocycles. The number of unbranched alkanes of at least 4 members (excludes halogenated alkanes) is 44. The summed E-state index contributed by atoms with van der Waals surface area (Å²) < 4.78 is 5.49. The van der Waals surface area contributed by atoms with Gasteiger partial charge < -0.3 is 20.3 Å². The van der Waals surface area contributed by atoms with Crippen molar-refractivity contribution in [3.05, 3.63) is 0 Å². The van der Waals surface area contributed by atoms with Gasteiger partial charge in [0.15, 0.2) is 0 Å². The zero-order chi connectivity index (χ0) is 46.5. The smallest absolute Gasteiger partial charge is 0.305 e. The van der Waals surface area contributed by atoms with Crippen molar-refractivity contribution in [2.45, 2.75) is 347 Å². The predicted octanol–water partition coefficient (Wildman–Crippen LogP) is 17.9. The molecule has 0 aliphatic heterocycles. The summed E-state index contributed by atoms with van der Waals surface area (Å²) in [5, 5.41) is 23.1. The Kier molecular flexibility index (Phi) is 53.5. The molecular formula is C58H115NO5. The average Bonchev–Trinajstić information content (AvgIpc) is 3.29. The van der Waals surface area contributed by atoms with Crippen LogP contribution in [0.15, 0.2) is 0 Å². The van der Waals surface area contributed by atoms with E-state index < -0.39 is 12.1 Å². The molecule has 6 nitrogen and oxygen atoms in total. The molecule has 1 amide bonds. The summed E-state index contributed by atoms with van der Waals surface area (Å²) in [4.78, 5) is 24.5. The second-order valence-electron chi connectivity index (χ2n) is 20.3. The molecule has 0 rings (SSSR count). The van der Waals surface area contributed by atoms with Gasteiger partial charge in [0.05, 0.1) is 25.4 Å². The van der Waals surface area contributed by atoms with Crippen LogP contribution >= 0.6 is 0 Å². The highest BCUT2D eigenvalue weighted by atomic mass is 16.5. The Morgan fingerprint density at radius 1 is 0.375 bits per heavy atom. The number of esters is 1. The second-order valence-corrected chi connectivity index (χ2v) is 20.3. The molecule has 2 atom stereocenters. The highest BCUT2D eigenvalue weighted by Gasteiger charge is 2.20. The van der Waals surface area contributed by atoms with Gasteiger partial charge >= 0.3 is 5.97 Å². The summed E-state index contributed by atoms with van der Waals surface area (Å²) >= 11 is 0. The first kappa shape index (κ1) is 62.9. The molecule has 0 bridgehead atoms. The Morgan fingerprint density at radius 2 is 0.641 bits per heavy atom. The Labute approximate surface area is 400 Å². The van der Waals surface area contributed by atoms with E-state index in [2.05, 4.69) is 19.2 Å². The van der Waals surface area contributed by atoms with Crippen molar-refractivity contribution >= 4 is 11.9 Å². The Balaban J connectivity index is 3.33. The van der Waals surface area contributed by atoms with Gasteiger partial charge in [0.1, 0.15) is 0 Å². The van der Waals surface area contributed by atoms with Gasteiger partial charge in [-0.3, -0.25) is 9.59 Å². The summed E-state index contributed by atoms with van der Waals surface area (Å²) in [7, 11) is 0. The summed E-state index contributed by atoms with van der Waals surface area (Å²) in [5.74, 6) is -0.0197. The van der Waals surface area contributed by atoms with Crippen molar-refractivity contribution < 1.29 is 24.5 Å². The standard InChI is InChI=1S/C58H115NO5/c1-3-5-7-9-11-13-15-16-17-26-29-32-36-40-44-48-52-58(63)64-53-49-45-41-37-33-30-27-24-22-20-18-19-21-23-25-28-31-35-39-43-47-51-57(62)59-55(54-60)56(61)50-46-42-38-34-14-12-10-8-6-4-2/h55-56,60-61H,3-54H2,1-2H3,(H,59,62). The summed E-state index contributed by atoms with van der Waals surface area (Å²) in [6, 6.07) is -0.539. The first-order valence-electron chi connectivity index (χ1n) is 29.3. The molecule has 0 aromatic rings. The number of amides is 1. The normalized spacial score (nSPS) is 12.5. The maximum absolute atomic E-state index is 12.4. The van der Waals surface area contributed by atoms with Crippen molar-refractivity contribution in [1.82, 2.24) is 5.32 Å². The van der Waals surface area contributed by atoms with E-state index in [1.54, 1.807) is 0 Å². The Morgan fingerprint density at radius 3 is 0.953 bits per heavy atom. The van der Waals surface area contributed by atoms with E-state index >= 15 is 0 Å². The number of carbonyl (C=O) groups excluding carboxylic acids is 2. The molecule has 0 aliphatic rings. The van der Waals surface area contributed by atoms with Crippen molar-refractivity contribution in [2.75, 3.05) is 13.2 Å². The van der Waals surface area contributed by atoms with Gasteiger partial charge in [-0.2, -0.15) is 0 Å². The number of aliphatic hydroxyl groups is 2. The molecule has 0 saturated heterocycles. The summed E-state index contributed by atoms with van der Waals surface area (Å²) in [6.07, 6.45) is 62.5. The van der Waals surface area contributed by atoms with Gasteiger partial charge in [0.25, 0.3) is 0 Å². The van der Waals surface area contributed by atoms with E-state index in [1.165, 1.54) is 263 Å². The third kappa shape index (κ3) is 50.3. The van der Waals surface area contributed by atoms with Gasteiger partial charge in [-0.15, -0.1) is 0 Å². The molecule has 0 radical (unpaired) electrons. The third-order valence-electron chi connectivity index (χ3n) is 13.9. The van der Waals surface area contributed by atoms with Gasteiger partial charge in [0, 0.05) is 12.8 Å². The molecular weight excluding hydrogens is 791 g/mol. The lowest BCUT2D eigenvalue weighted by atomic mass is 10.0. The molecule has 2 unspecified atom stereocenters. The fourth-order valence-corrected chi connectivity index (χ4v) is 9.41. The maximum atomic E-state index is 12.4. The number of hydrogen-bond donors (Lipinski definition) is 3. The molecule has 0 fully saturated rings.